The molecule has 5 heteroatoms. The number of pyridine rings is 1. The summed E-state index contributed by atoms with van der Waals surface area (Å²) in [5.74, 6) is -0.229. The maximum atomic E-state index is 12.9. The third kappa shape index (κ3) is 2.86. The SMILES string of the molecule is Cc1ccccc1C1(O)CCN(C(=O)c2cc3c([nH]c2=O)CCC3)CC1. The van der Waals surface area contributed by atoms with Crippen molar-refractivity contribution in [2.45, 2.75) is 44.6 Å². The number of amides is 1. The number of aryl methyl sites for hydroxylation is 3. The lowest BCUT2D eigenvalue weighted by Crippen LogP contribution is -2.46. The summed E-state index contributed by atoms with van der Waals surface area (Å²) < 4.78 is 0. The van der Waals surface area contributed by atoms with Gasteiger partial charge in [0.1, 0.15) is 5.56 Å². The summed E-state index contributed by atoms with van der Waals surface area (Å²) in [5, 5.41) is 11.1. The zero-order chi connectivity index (χ0) is 18.3. The average Bonchev–Trinajstić information content (AvgIpc) is 3.08. The van der Waals surface area contributed by atoms with Gasteiger partial charge in [-0.15, -0.1) is 0 Å². The number of carbonyl (C=O) groups excluding carboxylic acids is 1. The zero-order valence-corrected chi connectivity index (χ0v) is 15.0. The lowest BCUT2D eigenvalue weighted by molar-refractivity contribution is -0.0216. The van der Waals surface area contributed by atoms with Crippen LogP contribution in [0.3, 0.4) is 0 Å². The maximum Gasteiger partial charge on any atom is 0.261 e. The molecule has 0 bridgehead atoms. The number of hydrogen-bond donors (Lipinski definition) is 2. The standard InChI is InChI=1S/C21H24N2O3/c1-14-5-2-3-7-17(14)21(26)9-11-23(12-10-21)20(25)16-13-15-6-4-8-18(15)22-19(16)24/h2-3,5,7,13,26H,4,6,8-12H2,1H3,(H,22,24). The van der Waals surface area contributed by atoms with Gasteiger partial charge >= 0.3 is 0 Å². The predicted molar refractivity (Wildman–Crippen MR) is 99.3 cm³/mol. The van der Waals surface area contributed by atoms with E-state index in [2.05, 4.69) is 4.98 Å². The van der Waals surface area contributed by atoms with Gasteiger partial charge in [-0.2, -0.15) is 0 Å². The monoisotopic (exact) mass is 352 g/mol. The van der Waals surface area contributed by atoms with Crippen LogP contribution in [0.25, 0.3) is 0 Å². The minimum Gasteiger partial charge on any atom is -0.385 e. The third-order valence-electron chi connectivity index (χ3n) is 5.84. The van der Waals surface area contributed by atoms with Gasteiger partial charge in [0.25, 0.3) is 11.5 Å². The first-order chi connectivity index (χ1) is 12.5. The number of hydrogen-bond acceptors (Lipinski definition) is 3. The fourth-order valence-electron chi connectivity index (χ4n) is 4.29. The summed E-state index contributed by atoms with van der Waals surface area (Å²) in [5.41, 5.74) is 3.07. The van der Waals surface area contributed by atoms with Crippen molar-refractivity contribution >= 4 is 5.91 Å². The fourth-order valence-corrected chi connectivity index (χ4v) is 4.29. The molecule has 1 saturated heterocycles. The molecule has 1 aliphatic heterocycles. The van der Waals surface area contributed by atoms with E-state index in [0.29, 0.717) is 25.9 Å². The first kappa shape index (κ1) is 17.0. The summed E-state index contributed by atoms with van der Waals surface area (Å²) in [4.78, 5) is 29.7. The molecule has 0 atom stereocenters. The second-order valence-corrected chi connectivity index (χ2v) is 7.51. The number of aliphatic hydroxyl groups is 1. The first-order valence-electron chi connectivity index (χ1n) is 9.31. The number of nitrogens with zero attached hydrogens (tertiary/aromatic N) is 1. The number of H-pyrrole nitrogens is 1. The van der Waals surface area contributed by atoms with E-state index in [1.165, 1.54) is 0 Å². The highest BCUT2D eigenvalue weighted by Gasteiger charge is 2.37. The predicted octanol–water partition coefficient (Wildman–Crippen LogP) is 2.30. The van der Waals surface area contributed by atoms with Crippen LogP contribution in [0.2, 0.25) is 0 Å². The van der Waals surface area contributed by atoms with Gasteiger partial charge in [0.05, 0.1) is 5.60 Å². The number of likely N-dealkylation sites (tertiary alicyclic amines) is 1. The number of rotatable bonds is 2. The van der Waals surface area contributed by atoms with Crippen LogP contribution in [0.1, 0.15) is 52.0 Å². The molecule has 2 aromatic rings. The lowest BCUT2D eigenvalue weighted by Gasteiger charge is -2.39. The Morgan fingerprint density at radius 1 is 1.19 bits per heavy atom. The van der Waals surface area contributed by atoms with Crippen molar-refractivity contribution < 1.29 is 9.90 Å². The molecule has 1 aliphatic carbocycles. The average molecular weight is 352 g/mol. The molecule has 0 saturated carbocycles. The van der Waals surface area contributed by atoms with Crippen molar-refractivity contribution in [2.24, 2.45) is 0 Å². The minimum absolute atomic E-state index is 0.229. The highest BCUT2D eigenvalue weighted by molar-refractivity contribution is 5.94. The molecular formula is C21H24N2O3. The first-order valence-corrected chi connectivity index (χ1v) is 9.31. The summed E-state index contributed by atoms with van der Waals surface area (Å²) in [7, 11) is 0. The van der Waals surface area contributed by atoms with Gasteiger partial charge in [0.2, 0.25) is 0 Å². The molecule has 1 amide bonds. The molecule has 2 heterocycles. The Kier molecular flexibility index (Phi) is 4.19. The molecule has 26 heavy (non-hydrogen) atoms. The smallest absolute Gasteiger partial charge is 0.261 e. The topological polar surface area (TPSA) is 73.4 Å². The van der Waals surface area contributed by atoms with E-state index in [9.17, 15) is 14.7 Å². The quantitative estimate of drug-likeness (QED) is 0.871. The van der Waals surface area contributed by atoms with E-state index in [4.69, 9.17) is 0 Å². The van der Waals surface area contributed by atoms with Crippen LogP contribution in [0.15, 0.2) is 35.1 Å². The zero-order valence-electron chi connectivity index (χ0n) is 15.0. The Hall–Kier alpha value is -2.40. The highest BCUT2D eigenvalue weighted by atomic mass is 16.3. The molecule has 1 fully saturated rings. The summed E-state index contributed by atoms with van der Waals surface area (Å²) in [6.07, 6.45) is 3.78. The molecule has 1 aromatic carbocycles. The third-order valence-corrected chi connectivity index (χ3v) is 5.84. The number of carbonyl (C=O) groups is 1. The molecule has 136 valence electrons. The number of fused-ring (bicyclic) bond motifs is 1. The molecule has 2 aliphatic rings. The van der Waals surface area contributed by atoms with Crippen LogP contribution in [0, 0.1) is 6.92 Å². The van der Waals surface area contributed by atoms with Gasteiger partial charge in [0, 0.05) is 18.8 Å². The van der Waals surface area contributed by atoms with E-state index in [0.717, 1.165) is 41.6 Å². The highest BCUT2D eigenvalue weighted by Crippen LogP contribution is 2.35. The van der Waals surface area contributed by atoms with E-state index in [1.807, 2.05) is 31.2 Å². The van der Waals surface area contributed by atoms with E-state index in [-0.39, 0.29) is 17.0 Å². The number of benzene rings is 1. The number of aromatic nitrogens is 1. The van der Waals surface area contributed by atoms with Crippen LogP contribution >= 0.6 is 0 Å². The molecule has 0 radical (unpaired) electrons. The van der Waals surface area contributed by atoms with Crippen LogP contribution in [-0.4, -0.2) is 34.0 Å². The van der Waals surface area contributed by atoms with Crippen LogP contribution in [-0.2, 0) is 18.4 Å². The van der Waals surface area contributed by atoms with Crippen molar-refractivity contribution in [1.82, 2.24) is 9.88 Å². The van der Waals surface area contributed by atoms with Crippen molar-refractivity contribution in [3.05, 3.63) is 68.6 Å². The van der Waals surface area contributed by atoms with E-state index < -0.39 is 5.60 Å². The molecule has 2 N–H and O–H groups in total. The minimum atomic E-state index is -0.910. The second-order valence-electron chi connectivity index (χ2n) is 7.51. The number of aromatic amines is 1. The molecule has 4 rings (SSSR count). The molecular weight excluding hydrogens is 328 g/mol. The van der Waals surface area contributed by atoms with Gasteiger partial charge in [-0.05, 0) is 61.8 Å². The summed E-state index contributed by atoms with van der Waals surface area (Å²) in [6, 6.07) is 9.61. The van der Waals surface area contributed by atoms with E-state index in [1.54, 1.807) is 11.0 Å². The number of nitrogens with one attached hydrogen (secondary N) is 1. The van der Waals surface area contributed by atoms with Gasteiger partial charge < -0.3 is 15.0 Å². The van der Waals surface area contributed by atoms with Gasteiger partial charge in [-0.25, -0.2) is 0 Å². The molecule has 0 unspecified atom stereocenters. The lowest BCUT2D eigenvalue weighted by atomic mass is 9.82. The van der Waals surface area contributed by atoms with Crippen molar-refractivity contribution in [3.63, 3.8) is 0 Å². The Bertz CT molecular complexity index is 908. The van der Waals surface area contributed by atoms with Crippen molar-refractivity contribution in [3.8, 4) is 0 Å². The van der Waals surface area contributed by atoms with Crippen molar-refractivity contribution in [1.29, 1.82) is 0 Å². The van der Waals surface area contributed by atoms with Crippen LogP contribution < -0.4 is 5.56 Å². The second kappa shape index (κ2) is 6.40. The molecule has 1 aromatic heterocycles. The van der Waals surface area contributed by atoms with Crippen molar-refractivity contribution in [2.75, 3.05) is 13.1 Å². The Morgan fingerprint density at radius 2 is 1.92 bits per heavy atom. The Morgan fingerprint density at radius 3 is 2.65 bits per heavy atom. The van der Waals surface area contributed by atoms with Crippen LogP contribution in [0.4, 0.5) is 0 Å². The molecule has 5 nitrogen and oxygen atoms in total. The van der Waals surface area contributed by atoms with Gasteiger partial charge in [-0.3, -0.25) is 9.59 Å². The van der Waals surface area contributed by atoms with Crippen LogP contribution in [0.5, 0.6) is 0 Å². The number of piperidine rings is 1. The molecule has 0 spiro atoms. The van der Waals surface area contributed by atoms with E-state index >= 15 is 0 Å². The Balaban J connectivity index is 1.53. The fraction of sp³-hybridized carbons (Fsp3) is 0.429. The largest absolute Gasteiger partial charge is 0.385 e. The summed E-state index contributed by atoms with van der Waals surface area (Å²) >= 11 is 0. The Labute approximate surface area is 152 Å². The normalized spacial score (nSPS) is 18.6. The summed E-state index contributed by atoms with van der Waals surface area (Å²) in [6.45, 7) is 2.88. The van der Waals surface area contributed by atoms with Gasteiger partial charge in [0.15, 0.2) is 0 Å². The van der Waals surface area contributed by atoms with Gasteiger partial charge in [-0.1, -0.05) is 24.3 Å². The maximum absolute atomic E-state index is 12.9.